The number of halogens is 2. The number of thiol groups is 1. The minimum absolute atomic E-state index is 0.00545. The van der Waals surface area contributed by atoms with Gasteiger partial charge in [-0.2, -0.15) is 0 Å². The number of methoxy groups -OCH3 is 1. The third-order valence-electron chi connectivity index (χ3n) is 10.9. The number of nitrogens with zero attached hydrogens (tertiary/aromatic N) is 2. The van der Waals surface area contributed by atoms with Gasteiger partial charge in [-0.05, 0) is 70.0 Å². The van der Waals surface area contributed by atoms with Gasteiger partial charge in [0.2, 0.25) is 11.8 Å². The van der Waals surface area contributed by atoms with Crippen LogP contribution in [0.4, 0.5) is 10.5 Å². The summed E-state index contributed by atoms with van der Waals surface area (Å²) in [7, 11) is -2.19. The van der Waals surface area contributed by atoms with Crippen molar-refractivity contribution in [2.24, 2.45) is 11.3 Å². The highest BCUT2D eigenvalue weighted by Gasteiger charge is 2.53. The quantitative estimate of drug-likeness (QED) is 0.132. The Morgan fingerprint density at radius 1 is 0.982 bits per heavy atom. The van der Waals surface area contributed by atoms with Gasteiger partial charge in [0.15, 0.2) is 0 Å². The molecule has 0 bridgehead atoms. The number of carbonyl (C=O) groups excluding carboxylic acids is 3. The van der Waals surface area contributed by atoms with Gasteiger partial charge in [0.1, 0.15) is 11.3 Å². The number of likely N-dealkylation sites (tertiary alicyclic amines) is 1. The van der Waals surface area contributed by atoms with Crippen LogP contribution in [-0.2, 0) is 24.4 Å². The lowest BCUT2D eigenvalue weighted by molar-refractivity contribution is -0.157. The third-order valence-corrected chi connectivity index (χ3v) is 14.5. The Kier molecular flexibility index (Phi) is 13.8. The number of aromatic carboxylic acids is 1. The Hall–Kier alpha value is -4.17. The number of carbonyl (C=O) groups is 4. The van der Waals surface area contributed by atoms with Gasteiger partial charge in [0.05, 0.1) is 31.8 Å². The van der Waals surface area contributed by atoms with E-state index >= 15 is 9.00 Å². The van der Waals surface area contributed by atoms with Crippen LogP contribution in [0, 0.1) is 11.3 Å². The van der Waals surface area contributed by atoms with Crippen molar-refractivity contribution in [2.75, 3.05) is 44.5 Å². The average Bonchev–Trinajstić information content (AvgIpc) is 3.15. The molecule has 0 spiro atoms. The fourth-order valence-corrected chi connectivity index (χ4v) is 10.4. The van der Waals surface area contributed by atoms with Gasteiger partial charge in [0, 0.05) is 64.3 Å². The molecule has 0 radical (unpaired) electrons. The van der Waals surface area contributed by atoms with Crippen molar-refractivity contribution in [3.05, 3.63) is 93.5 Å². The van der Waals surface area contributed by atoms with E-state index in [-0.39, 0.29) is 47.7 Å². The number of urea groups is 1. The molecule has 3 aromatic carbocycles. The SMILES string of the molecule is COc1cc(NC(=O)C[C@@]2(C)C[C@H](c3cccc(Cl)c3)[C@@H](c3ccc(Cl)cc3)N([C@H](C[SH](=O)(NC(=O)N3CCOCC3)C(C)C)C(C)C)C2=O)ccc1C(=O)O. The first kappa shape index (κ1) is 43.0. The lowest BCUT2D eigenvalue weighted by Crippen LogP contribution is -2.61. The number of anilines is 1. The maximum atomic E-state index is 15.4. The first-order valence-electron chi connectivity index (χ1n) is 18.7. The number of hydrogen-bond acceptors (Lipinski definition) is 7. The van der Waals surface area contributed by atoms with Crippen LogP contribution in [0.2, 0.25) is 10.0 Å². The van der Waals surface area contributed by atoms with Gasteiger partial charge in [0.25, 0.3) is 0 Å². The van der Waals surface area contributed by atoms with Crippen molar-refractivity contribution in [2.45, 2.75) is 70.7 Å². The molecule has 2 aliphatic rings. The topological polar surface area (TPSA) is 155 Å². The normalized spacial score (nSPS) is 21.1. The molecule has 2 saturated heterocycles. The maximum Gasteiger partial charge on any atom is 0.339 e. The number of carboxylic acids is 1. The highest BCUT2D eigenvalue weighted by Crippen LogP contribution is 2.53. The molecule has 2 heterocycles. The summed E-state index contributed by atoms with van der Waals surface area (Å²) in [5.74, 6) is -2.51. The molecule has 3 N–H and O–H groups in total. The van der Waals surface area contributed by atoms with Crippen LogP contribution in [0.15, 0.2) is 66.7 Å². The van der Waals surface area contributed by atoms with Gasteiger partial charge in [-0.25, -0.2) is 9.59 Å². The van der Waals surface area contributed by atoms with Crippen molar-refractivity contribution >= 4 is 62.8 Å². The summed E-state index contributed by atoms with van der Waals surface area (Å²) in [6, 6.07) is 17.3. The van der Waals surface area contributed by atoms with Crippen LogP contribution < -0.4 is 14.8 Å². The molecule has 2 aliphatic heterocycles. The Bertz CT molecular complexity index is 1970. The number of nitrogens with one attached hydrogen (secondary N) is 2. The largest absolute Gasteiger partial charge is 0.496 e. The van der Waals surface area contributed by atoms with Crippen molar-refractivity contribution in [3.63, 3.8) is 0 Å². The summed E-state index contributed by atoms with van der Waals surface area (Å²) in [4.78, 5) is 58.0. The molecule has 4 amide bonds. The van der Waals surface area contributed by atoms with E-state index in [1.807, 2.05) is 58.0 Å². The van der Waals surface area contributed by atoms with E-state index in [4.69, 9.17) is 32.7 Å². The van der Waals surface area contributed by atoms with Gasteiger partial charge in [-0.15, -0.1) is 0 Å². The minimum atomic E-state index is -3.53. The Morgan fingerprint density at radius 3 is 2.25 bits per heavy atom. The van der Waals surface area contributed by atoms with Crippen molar-refractivity contribution in [1.29, 1.82) is 0 Å². The molecule has 12 nitrogen and oxygen atoms in total. The lowest BCUT2D eigenvalue weighted by Gasteiger charge is -2.54. The molecular weight excluding hydrogens is 779 g/mol. The minimum Gasteiger partial charge on any atom is -0.496 e. The summed E-state index contributed by atoms with van der Waals surface area (Å²) >= 11 is 13.0. The molecule has 3 aromatic rings. The van der Waals surface area contributed by atoms with Crippen LogP contribution in [0.3, 0.4) is 0 Å². The lowest BCUT2D eigenvalue weighted by atomic mass is 9.66. The first-order chi connectivity index (χ1) is 26.5. The molecular formula is C41H52Cl2N4O8S. The third kappa shape index (κ3) is 9.67. The van der Waals surface area contributed by atoms with E-state index in [2.05, 4.69) is 10.0 Å². The first-order valence-corrected chi connectivity index (χ1v) is 21.5. The number of piperidine rings is 1. The van der Waals surface area contributed by atoms with Gasteiger partial charge in [-0.1, -0.05) is 82.1 Å². The highest BCUT2D eigenvalue weighted by molar-refractivity contribution is 8.02. The predicted octanol–water partition coefficient (Wildman–Crippen LogP) is 7.20. The maximum absolute atomic E-state index is 15.4. The molecule has 15 heteroatoms. The second-order valence-corrected chi connectivity index (χ2v) is 19.6. The number of benzene rings is 3. The van der Waals surface area contributed by atoms with E-state index in [0.29, 0.717) is 42.0 Å². The summed E-state index contributed by atoms with van der Waals surface area (Å²) < 4.78 is 28.7. The van der Waals surface area contributed by atoms with Crippen LogP contribution in [0.5, 0.6) is 5.75 Å². The van der Waals surface area contributed by atoms with Crippen molar-refractivity contribution < 1.29 is 38.0 Å². The number of morpholine rings is 1. The number of carboxylic acid groups (broad SMARTS) is 1. The molecule has 304 valence electrons. The number of ether oxygens (including phenoxy) is 2. The Balaban J connectivity index is 1.60. The standard InChI is InChI=1S/C41H52Cl2N4O8S/c1-25(2)34(24-56(53,26(3)4)45-40(52)46-16-18-55-19-17-46)47-37(27-10-12-29(42)13-11-27)33(28-8-7-9-30(43)20-28)22-41(5,39(47)51)23-36(48)44-31-14-15-32(38(49)50)35(21-31)54-6/h7-15,20-21,25-26,33-34,37,56H,16-19,22-24H2,1-6H3,(H,44,48)(H,49,50)(H,45,52,53)/t33-,34-,37-,41-/m1/s1. The van der Waals surface area contributed by atoms with Crippen LogP contribution >= 0.6 is 23.2 Å². The van der Waals surface area contributed by atoms with Gasteiger partial charge in [-0.3, -0.25) is 18.5 Å². The molecule has 4 atom stereocenters. The van der Waals surface area contributed by atoms with E-state index in [0.717, 1.165) is 11.1 Å². The Morgan fingerprint density at radius 2 is 1.66 bits per heavy atom. The molecule has 2 fully saturated rings. The zero-order valence-electron chi connectivity index (χ0n) is 32.6. The summed E-state index contributed by atoms with van der Waals surface area (Å²) in [6.45, 7) is 10.8. The van der Waals surface area contributed by atoms with Crippen molar-refractivity contribution in [3.8, 4) is 5.75 Å². The monoisotopic (exact) mass is 830 g/mol. The second kappa shape index (κ2) is 18.0. The molecule has 56 heavy (non-hydrogen) atoms. The number of amides is 4. The summed E-state index contributed by atoms with van der Waals surface area (Å²) in [6.07, 6.45) is 0.0290. The summed E-state index contributed by atoms with van der Waals surface area (Å²) in [5.41, 5.74) is 0.613. The van der Waals surface area contributed by atoms with Crippen LogP contribution in [-0.4, -0.2) is 93.4 Å². The number of rotatable bonds is 13. The summed E-state index contributed by atoms with van der Waals surface area (Å²) in [5, 5.41) is 13.0. The van der Waals surface area contributed by atoms with Gasteiger partial charge < -0.3 is 29.7 Å². The fourth-order valence-electron chi connectivity index (χ4n) is 7.70. The van der Waals surface area contributed by atoms with E-state index in [9.17, 15) is 19.5 Å². The zero-order chi connectivity index (χ0) is 40.9. The molecule has 5 rings (SSSR count). The molecule has 0 aromatic heterocycles. The highest BCUT2D eigenvalue weighted by atomic mass is 35.5. The average molecular weight is 832 g/mol. The van der Waals surface area contributed by atoms with E-state index < -0.39 is 50.8 Å². The number of hydrogen-bond donors (Lipinski definition) is 4. The molecule has 0 aliphatic carbocycles. The van der Waals surface area contributed by atoms with E-state index in [1.165, 1.54) is 25.3 Å². The smallest absolute Gasteiger partial charge is 0.339 e. The predicted molar refractivity (Wildman–Crippen MR) is 220 cm³/mol. The van der Waals surface area contributed by atoms with E-state index in [1.54, 1.807) is 34.9 Å². The molecule has 0 unspecified atom stereocenters. The zero-order valence-corrected chi connectivity index (χ0v) is 35.0. The Labute approximate surface area is 339 Å². The van der Waals surface area contributed by atoms with Gasteiger partial charge >= 0.3 is 12.0 Å². The molecule has 0 saturated carbocycles. The second-order valence-electron chi connectivity index (χ2n) is 15.5. The van der Waals surface area contributed by atoms with Crippen LogP contribution in [0.1, 0.15) is 80.9 Å². The fraction of sp³-hybridized carbons (Fsp3) is 0.463. The van der Waals surface area contributed by atoms with Crippen LogP contribution in [0.25, 0.3) is 0 Å². The van der Waals surface area contributed by atoms with Crippen molar-refractivity contribution in [1.82, 2.24) is 14.5 Å².